The first-order chi connectivity index (χ1) is 11.2. The molecule has 2 rings (SSSR count). The number of benzene rings is 1. The van der Waals surface area contributed by atoms with E-state index in [4.69, 9.17) is 10.00 Å². The lowest BCUT2D eigenvalue weighted by Crippen LogP contribution is -2.12. The van der Waals surface area contributed by atoms with Crippen molar-refractivity contribution in [3.05, 3.63) is 65.6 Å². The number of nitrogens with one attached hydrogen (secondary N) is 1. The molecule has 0 unspecified atom stereocenters. The van der Waals surface area contributed by atoms with Gasteiger partial charge in [-0.2, -0.15) is 10.4 Å². The molecular formula is C17H18N4O2. The van der Waals surface area contributed by atoms with Gasteiger partial charge in [0.25, 0.3) is 0 Å². The molecule has 0 amide bonds. The molecule has 0 atom stereocenters. The summed E-state index contributed by atoms with van der Waals surface area (Å²) in [6, 6.07) is 11.7. The van der Waals surface area contributed by atoms with E-state index in [1.165, 1.54) is 6.20 Å². The molecule has 118 valence electrons. The fourth-order valence-electron chi connectivity index (χ4n) is 2.04. The molecule has 0 spiro atoms. The zero-order valence-electron chi connectivity index (χ0n) is 12.9. The Balaban J connectivity index is 1.95. The molecule has 0 aliphatic rings. The average Bonchev–Trinajstić information content (AvgIpc) is 3.05. The summed E-state index contributed by atoms with van der Waals surface area (Å²) in [5.74, 6) is -0.616. The number of nitrogens with zero attached hydrogens (tertiary/aromatic N) is 3. The van der Waals surface area contributed by atoms with Crippen LogP contribution in [0.15, 0.2) is 54.5 Å². The van der Waals surface area contributed by atoms with E-state index in [9.17, 15) is 4.79 Å². The van der Waals surface area contributed by atoms with Crippen molar-refractivity contribution in [3.63, 3.8) is 0 Å². The molecule has 0 saturated heterocycles. The van der Waals surface area contributed by atoms with Crippen LogP contribution in [0.4, 0.5) is 0 Å². The van der Waals surface area contributed by atoms with Crippen LogP contribution in [0, 0.1) is 11.3 Å². The molecule has 0 radical (unpaired) electrons. The van der Waals surface area contributed by atoms with Crippen molar-refractivity contribution < 1.29 is 9.53 Å². The van der Waals surface area contributed by atoms with E-state index in [1.54, 1.807) is 13.1 Å². The van der Waals surface area contributed by atoms with Gasteiger partial charge >= 0.3 is 5.97 Å². The Bertz CT molecular complexity index is 714. The lowest BCUT2D eigenvalue weighted by atomic mass is 10.1. The Morgan fingerprint density at radius 1 is 1.43 bits per heavy atom. The van der Waals surface area contributed by atoms with Crippen molar-refractivity contribution in [1.82, 2.24) is 15.1 Å². The van der Waals surface area contributed by atoms with Crippen LogP contribution < -0.4 is 5.32 Å². The predicted octanol–water partition coefficient (Wildman–Crippen LogP) is 1.99. The zero-order chi connectivity index (χ0) is 16.5. The van der Waals surface area contributed by atoms with Gasteiger partial charge in [0.05, 0.1) is 13.2 Å². The lowest BCUT2D eigenvalue weighted by Gasteiger charge is -2.06. The van der Waals surface area contributed by atoms with E-state index in [-0.39, 0.29) is 12.2 Å². The standard InChI is InChI=1S/C17H18N4O2/c1-2-23-17(22)16(10-18)12-19-11-14-5-3-6-15(9-14)13-21-8-4-7-20-21/h3-9,12,19H,2,11,13H2,1H3. The van der Waals surface area contributed by atoms with Crippen LogP contribution in [0.5, 0.6) is 0 Å². The largest absolute Gasteiger partial charge is 0.462 e. The van der Waals surface area contributed by atoms with Gasteiger partial charge in [0.1, 0.15) is 6.07 Å². The van der Waals surface area contributed by atoms with Crippen molar-refractivity contribution in [3.8, 4) is 6.07 Å². The first-order valence-electron chi connectivity index (χ1n) is 7.29. The second kappa shape index (κ2) is 8.39. The van der Waals surface area contributed by atoms with Crippen molar-refractivity contribution >= 4 is 5.97 Å². The number of carbonyl (C=O) groups is 1. The average molecular weight is 310 g/mol. The van der Waals surface area contributed by atoms with Gasteiger partial charge in [0.15, 0.2) is 5.57 Å². The Morgan fingerprint density at radius 2 is 2.26 bits per heavy atom. The number of ether oxygens (including phenoxy) is 1. The summed E-state index contributed by atoms with van der Waals surface area (Å²) in [5.41, 5.74) is 2.13. The maximum absolute atomic E-state index is 11.5. The molecule has 6 nitrogen and oxygen atoms in total. The number of rotatable bonds is 7. The van der Waals surface area contributed by atoms with Crippen molar-refractivity contribution in [2.45, 2.75) is 20.0 Å². The highest BCUT2D eigenvalue weighted by Gasteiger charge is 2.08. The van der Waals surface area contributed by atoms with Crippen molar-refractivity contribution in [2.75, 3.05) is 6.61 Å². The minimum Gasteiger partial charge on any atom is -0.462 e. The fraction of sp³-hybridized carbons (Fsp3) is 0.235. The highest BCUT2D eigenvalue weighted by atomic mass is 16.5. The second-order valence-electron chi connectivity index (χ2n) is 4.79. The summed E-state index contributed by atoms with van der Waals surface area (Å²) in [6.07, 6.45) is 5.04. The van der Waals surface area contributed by atoms with E-state index in [0.29, 0.717) is 13.1 Å². The molecular weight excluding hydrogens is 292 g/mol. The molecule has 6 heteroatoms. The van der Waals surface area contributed by atoms with E-state index in [2.05, 4.69) is 16.5 Å². The van der Waals surface area contributed by atoms with E-state index in [1.807, 2.05) is 41.2 Å². The molecule has 1 N–H and O–H groups in total. The number of nitriles is 1. The van der Waals surface area contributed by atoms with E-state index < -0.39 is 5.97 Å². The Morgan fingerprint density at radius 3 is 2.96 bits per heavy atom. The molecule has 0 aliphatic carbocycles. The second-order valence-corrected chi connectivity index (χ2v) is 4.79. The highest BCUT2D eigenvalue weighted by Crippen LogP contribution is 2.07. The van der Waals surface area contributed by atoms with Gasteiger partial charge in [0, 0.05) is 25.1 Å². The monoisotopic (exact) mass is 310 g/mol. The summed E-state index contributed by atoms with van der Waals surface area (Å²) in [4.78, 5) is 11.5. The van der Waals surface area contributed by atoms with Gasteiger partial charge in [-0.25, -0.2) is 4.79 Å². The molecule has 0 bridgehead atoms. The van der Waals surface area contributed by atoms with Crippen LogP contribution in [0.2, 0.25) is 0 Å². The normalized spacial score (nSPS) is 10.9. The molecule has 1 aromatic heterocycles. The minimum absolute atomic E-state index is 0.0421. The highest BCUT2D eigenvalue weighted by molar-refractivity contribution is 5.92. The van der Waals surface area contributed by atoms with Crippen LogP contribution >= 0.6 is 0 Å². The fourth-order valence-corrected chi connectivity index (χ4v) is 2.04. The Labute approximate surface area is 135 Å². The van der Waals surface area contributed by atoms with E-state index >= 15 is 0 Å². The minimum atomic E-state index is -0.616. The summed E-state index contributed by atoms with van der Waals surface area (Å²) in [6.45, 7) is 3.15. The summed E-state index contributed by atoms with van der Waals surface area (Å²) < 4.78 is 6.64. The lowest BCUT2D eigenvalue weighted by molar-refractivity contribution is -0.138. The third-order valence-corrected chi connectivity index (χ3v) is 3.06. The smallest absolute Gasteiger partial charge is 0.350 e. The SMILES string of the molecule is CCOC(=O)C(C#N)=CNCc1cccc(Cn2cccn2)c1. The van der Waals surface area contributed by atoms with Gasteiger partial charge < -0.3 is 10.1 Å². The maximum Gasteiger partial charge on any atom is 0.350 e. The van der Waals surface area contributed by atoms with E-state index in [0.717, 1.165) is 11.1 Å². The van der Waals surface area contributed by atoms with Crippen LogP contribution in [-0.2, 0) is 22.6 Å². The number of aromatic nitrogens is 2. The molecule has 0 aliphatic heterocycles. The zero-order valence-corrected chi connectivity index (χ0v) is 12.9. The first-order valence-corrected chi connectivity index (χ1v) is 7.29. The Hall–Kier alpha value is -3.07. The van der Waals surface area contributed by atoms with Crippen LogP contribution in [0.1, 0.15) is 18.1 Å². The number of carbonyl (C=O) groups excluding carboxylic acids is 1. The van der Waals surface area contributed by atoms with Gasteiger partial charge in [-0.1, -0.05) is 24.3 Å². The maximum atomic E-state index is 11.5. The predicted molar refractivity (Wildman–Crippen MR) is 84.9 cm³/mol. The van der Waals surface area contributed by atoms with Crippen molar-refractivity contribution in [2.24, 2.45) is 0 Å². The third-order valence-electron chi connectivity index (χ3n) is 3.06. The molecule has 23 heavy (non-hydrogen) atoms. The third kappa shape index (κ3) is 5.00. The number of hydrogen-bond acceptors (Lipinski definition) is 5. The Kier molecular flexibility index (Phi) is 5.95. The molecule has 1 heterocycles. The molecule has 2 aromatic rings. The van der Waals surface area contributed by atoms with Gasteiger partial charge in [-0.15, -0.1) is 0 Å². The summed E-state index contributed by atoms with van der Waals surface area (Å²) in [5, 5.41) is 16.1. The molecule has 0 fully saturated rings. The molecule has 1 aromatic carbocycles. The van der Waals surface area contributed by atoms with Crippen LogP contribution in [0.3, 0.4) is 0 Å². The van der Waals surface area contributed by atoms with Crippen molar-refractivity contribution in [1.29, 1.82) is 5.26 Å². The van der Waals surface area contributed by atoms with Gasteiger partial charge in [-0.3, -0.25) is 4.68 Å². The quantitative estimate of drug-likeness (QED) is 0.480. The van der Waals surface area contributed by atoms with Crippen LogP contribution in [-0.4, -0.2) is 22.4 Å². The van der Waals surface area contributed by atoms with Gasteiger partial charge in [-0.05, 0) is 24.1 Å². The number of hydrogen-bond donors (Lipinski definition) is 1. The summed E-state index contributed by atoms with van der Waals surface area (Å²) in [7, 11) is 0. The van der Waals surface area contributed by atoms with Gasteiger partial charge in [0.2, 0.25) is 0 Å². The summed E-state index contributed by atoms with van der Waals surface area (Å²) >= 11 is 0. The number of esters is 1. The van der Waals surface area contributed by atoms with Crippen LogP contribution in [0.25, 0.3) is 0 Å². The topological polar surface area (TPSA) is 79.9 Å². The molecule has 0 saturated carbocycles. The first kappa shape index (κ1) is 16.3.